The number of alkyl halides is 3. The molecule has 1 aromatic carbocycles. The molecule has 8 nitrogen and oxygen atoms in total. The lowest BCUT2D eigenvalue weighted by molar-refractivity contribution is -0.163. The number of carbonyl (C=O) groups excluding carboxylic acids is 3. The molecule has 0 aromatic heterocycles. The van der Waals surface area contributed by atoms with E-state index in [0.717, 1.165) is 32.4 Å². The van der Waals surface area contributed by atoms with Crippen molar-refractivity contribution in [3.8, 4) is 0 Å². The van der Waals surface area contributed by atoms with Crippen molar-refractivity contribution < 1.29 is 46.9 Å². The Morgan fingerprint density at radius 1 is 1.10 bits per heavy atom. The predicted molar refractivity (Wildman–Crippen MR) is 91.4 cm³/mol. The molecule has 160 valence electrons. The van der Waals surface area contributed by atoms with Crippen LogP contribution >= 0.6 is 0 Å². The monoisotopic (exact) mass is 419 g/mol. The molecule has 0 aliphatic rings. The number of benzene rings is 1. The summed E-state index contributed by atoms with van der Waals surface area (Å²) < 4.78 is 47.3. The van der Waals surface area contributed by atoms with Crippen molar-refractivity contribution in [3.63, 3.8) is 0 Å². The van der Waals surface area contributed by atoms with Crippen molar-refractivity contribution in [2.75, 3.05) is 14.2 Å². The number of rotatable bonds is 8. The van der Waals surface area contributed by atoms with Crippen molar-refractivity contribution in [2.45, 2.75) is 25.6 Å². The average molecular weight is 419 g/mol. The molecule has 29 heavy (non-hydrogen) atoms. The van der Waals surface area contributed by atoms with Crippen molar-refractivity contribution in [2.24, 2.45) is 11.8 Å². The van der Waals surface area contributed by atoms with Crippen LogP contribution in [0.4, 0.5) is 13.2 Å². The van der Waals surface area contributed by atoms with E-state index in [1.165, 1.54) is 13.0 Å². The number of hydrogen-bond acceptors (Lipinski definition) is 6. The van der Waals surface area contributed by atoms with E-state index in [2.05, 4.69) is 14.8 Å². The second-order valence-electron chi connectivity index (χ2n) is 6.14. The van der Waals surface area contributed by atoms with Crippen LogP contribution in [0.25, 0.3) is 0 Å². The second kappa shape index (κ2) is 9.89. The highest BCUT2D eigenvalue weighted by molar-refractivity contribution is 5.96. The molecule has 0 aliphatic heterocycles. The molecule has 0 saturated heterocycles. The van der Waals surface area contributed by atoms with Gasteiger partial charge in [-0.25, -0.2) is 4.79 Å². The molecule has 0 radical (unpaired) electrons. The van der Waals surface area contributed by atoms with E-state index in [1.807, 2.05) is 0 Å². The van der Waals surface area contributed by atoms with Gasteiger partial charge in [-0.15, -0.1) is 0 Å². The van der Waals surface area contributed by atoms with Crippen molar-refractivity contribution in [1.82, 2.24) is 5.32 Å². The third-order valence-corrected chi connectivity index (χ3v) is 4.16. The zero-order valence-electron chi connectivity index (χ0n) is 15.8. The third-order valence-electron chi connectivity index (χ3n) is 4.16. The van der Waals surface area contributed by atoms with Crippen LogP contribution in [-0.2, 0) is 41.2 Å². The Morgan fingerprint density at radius 2 is 1.66 bits per heavy atom. The Labute approximate surface area is 164 Å². The number of hydrogen-bond donors (Lipinski definition) is 2. The Balaban J connectivity index is 3.01. The fraction of sp³-hybridized carbons (Fsp3) is 0.444. The fourth-order valence-electron chi connectivity index (χ4n) is 2.66. The highest BCUT2D eigenvalue weighted by Crippen LogP contribution is 2.29. The van der Waals surface area contributed by atoms with Crippen LogP contribution in [-0.4, -0.2) is 49.2 Å². The Morgan fingerprint density at radius 3 is 2.10 bits per heavy atom. The van der Waals surface area contributed by atoms with Crippen molar-refractivity contribution in [3.05, 3.63) is 35.4 Å². The number of amides is 1. The highest BCUT2D eigenvalue weighted by Gasteiger charge is 2.42. The zero-order valence-corrected chi connectivity index (χ0v) is 15.8. The molecule has 0 saturated carbocycles. The highest BCUT2D eigenvalue weighted by atomic mass is 19.4. The maximum Gasteiger partial charge on any atom is 0.416 e. The zero-order chi connectivity index (χ0) is 22.4. The van der Waals surface area contributed by atoms with Gasteiger partial charge in [-0.05, 0) is 11.6 Å². The van der Waals surface area contributed by atoms with Crippen molar-refractivity contribution in [1.29, 1.82) is 0 Å². The van der Waals surface area contributed by atoms with Crippen LogP contribution in [0.3, 0.4) is 0 Å². The molecule has 2 atom stereocenters. The van der Waals surface area contributed by atoms with Crippen LogP contribution in [0.5, 0.6) is 0 Å². The van der Waals surface area contributed by atoms with E-state index < -0.39 is 59.9 Å². The van der Waals surface area contributed by atoms with Gasteiger partial charge in [0.1, 0.15) is 6.04 Å². The number of methoxy groups -OCH3 is 2. The summed E-state index contributed by atoms with van der Waals surface area (Å²) >= 11 is 0. The van der Waals surface area contributed by atoms with Crippen molar-refractivity contribution >= 4 is 23.8 Å². The predicted octanol–water partition coefficient (Wildman–Crippen LogP) is 1.42. The minimum atomic E-state index is -4.60. The van der Waals surface area contributed by atoms with Gasteiger partial charge in [-0.3, -0.25) is 14.4 Å². The molecular formula is C18H20F3NO7. The van der Waals surface area contributed by atoms with E-state index >= 15 is 0 Å². The largest absolute Gasteiger partial charge is 0.480 e. The van der Waals surface area contributed by atoms with Gasteiger partial charge in [0.05, 0.1) is 26.2 Å². The van der Waals surface area contributed by atoms with E-state index in [9.17, 15) is 37.5 Å². The Hall–Kier alpha value is -3.11. The van der Waals surface area contributed by atoms with E-state index in [-0.39, 0.29) is 5.56 Å². The summed E-state index contributed by atoms with van der Waals surface area (Å²) in [6, 6.07) is 2.30. The summed E-state index contributed by atoms with van der Waals surface area (Å²) in [4.78, 5) is 47.5. The topological polar surface area (TPSA) is 119 Å². The SMILES string of the molecule is COC(=O)C(C(=O)OC)[C@H](C)[C@@H](NC(=O)Cc1cccc(C(F)(F)F)c1)C(=O)O. The molecule has 0 fully saturated rings. The molecule has 2 N–H and O–H groups in total. The van der Waals surface area contributed by atoms with Gasteiger partial charge in [0, 0.05) is 5.92 Å². The molecule has 11 heteroatoms. The number of nitrogens with one attached hydrogen (secondary N) is 1. The first-order chi connectivity index (χ1) is 13.4. The Kier molecular flexibility index (Phi) is 8.16. The molecule has 0 heterocycles. The first-order valence-electron chi connectivity index (χ1n) is 8.26. The lowest BCUT2D eigenvalue weighted by Gasteiger charge is -2.26. The van der Waals surface area contributed by atoms with Crippen LogP contribution in [0.2, 0.25) is 0 Å². The summed E-state index contributed by atoms with van der Waals surface area (Å²) in [5.41, 5.74) is -0.950. The van der Waals surface area contributed by atoms with Gasteiger partial charge < -0.3 is 19.9 Å². The molecule has 0 spiro atoms. The number of carboxylic acid groups (broad SMARTS) is 1. The summed E-state index contributed by atoms with van der Waals surface area (Å²) in [7, 11) is 1.99. The van der Waals surface area contributed by atoms with Gasteiger partial charge in [0.15, 0.2) is 5.92 Å². The fourth-order valence-corrected chi connectivity index (χ4v) is 2.66. The minimum Gasteiger partial charge on any atom is -0.480 e. The molecule has 1 amide bonds. The summed E-state index contributed by atoms with van der Waals surface area (Å²) in [6.07, 6.45) is -5.14. The van der Waals surface area contributed by atoms with E-state index in [4.69, 9.17) is 0 Å². The lowest BCUT2D eigenvalue weighted by atomic mass is 9.87. The number of ether oxygens (including phenoxy) is 2. The average Bonchev–Trinajstić information content (AvgIpc) is 2.64. The second-order valence-corrected chi connectivity index (χ2v) is 6.14. The van der Waals surface area contributed by atoms with E-state index in [1.54, 1.807) is 0 Å². The van der Waals surface area contributed by atoms with Crippen LogP contribution < -0.4 is 5.32 Å². The molecule has 0 bridgehead atoms. The molecule has 0 unspecified atom stereocenters. The molecule has 1 aromatic rings. The van der Waals surface area contributed by atoms with Gasteiger partial charge in [0.25, 0.3) is 0 Å². The standard InChI is InChI=1S/C18H20F3NO7/c1-9(13(16(26)28-2)17(27)29-3)14(15(24)25)22-12(23)8-10-5-4-6-11(7-10)18(19,20)21/h4-7,9,13-14H,8H2,1-3H3,(H,22,23)(H,24,25)/t9-,14+/m0/s1. The van der Waals surface area contributed by atoms with Gasteiger partial charge >= 0.3 is 24.1 Å². The van der Waals surface area contributed by atoms with Gasteiger partial charge in [-0.1, -0.05) is 25.1 Å². The number of esters is 2. The van der Waals surface area contributed by atoms with Crippen LogP contribution in [0.1, 0.15) is 18.1 Å². The quantitative estimate of drug-likeness (QED) is 0.483. The number of carbonyl (C=O) groups is 4. The Bertz CT molecular complexity index is 763. The van der Waals surface area contributed by atoms with Crippen LogP contribution in [0.15, 0.2) is 24.3 Å². The minimum absolute atomic E-state index is 0.00611. The maximum absolute atomic E-state index is 12.8. The lowest BCUT2D eigenvalue weighted by Crippen LogP contribution is -2.50. The first kappa shape index (κ1) is 23.9. The van der Waals surface area contributed by atoms with Gasteiger partial charge in [-0.2, -0.15) is 13.2 Å². The first-order valence-corrected chi connectivity index (χ1v) is 8.26. The summed E-state index contributed by atoms with van der Waals surface area (Å²) in [6.45, 7) is 1.22. The number of aliphatic carboxylic acids is 1. The molecular weight excluding hydrogens is 399 g/mol. The summed E-state index contributed by atoms with van der Waals surface area (Å²) in [5, 5.41) is 11.5. The maximum atomic E-state index is 12.8. The van der Waals surface area contributed by atoms with Gasteiger partial charge in [0.2, 0.25) is 5.91 Å². The third kappa shape index (κ3) is 6.47. The number of carboxylic acids is 1. The van der Waals surface area contributed by atoms with E-state index in [0.29, 0.717) is 0 Å². The summed E-state index contributed by atoms with van der Waals surface area (Å²) in [5.74, 6) is -7.45. The van der Waals surface area contributed by atoms with Crippen LogP contribution in [0, 0.1) is 11.8 Å². The molecule has 0 aliphatic carbocycles. The smallest absolute Gasteiger partial charge is 0.416 e. The normalized spacial score (nSPS) is 13.3. The molecule has 1 rings (SSSR count). The number of halogens is 3.